The molecule has 1 heterocycles. The van der Waals surface area contributed by atoms with E-state index in [1.165, 1.54) is 6.07 Å². The van der Waals surface area contributed by atoms with Crippen LogP contribution in [0.2, 0.25) is 5.02 Å². The summed E-state index contributed by atoms with van der Waals surface area (Å²) in [7, 11) is 0. The summed E-state index contributed by atoms with van der Waals surface area (Å²) in [5, 5.41) is 3.15. The Bertz CT molecular complexity index is 479. The van der Waals surface area contributed by atoms with Gasteiger partial charge in [0, 0.05) is 24.7 Å². The van der Waals surface area contributed by atoms with E-state index < -0.39 is 5.82 Å². The molecule has 0 radical (unpaired) electrons. The Balaban J connectivity index is 1.65. The number of morpholine rings is 1. The minimum absolute atomic E-state index is 0.0422. The average Bonchev–Trinajstić information content (AvgIpc) is 2.48. The van der Waals surface area contributed by atoms with Crippen LogP contribution in [0.5, 0.6) is 0 Å². The summed E-state index contributed by atoms with van der Waals surface area (Å²) in [6.07, 6.45) is 0.926. The third-order valence-electron chi connectivity index (χ3n) is 3.44. The van der Waals surface area contributed by atoms with Crippen LogP contribution in [0.25, 0.3) is 0 Å². The largest absolute Gasteiger partial charge is 0.379 e. The van der Waals surface area contributed by atoms with Crippen molar-refractivity contribution in [3.05, 3.63) is 34.6 Å². The lowest BCUT2D eigenvalue weighted by Gasteiger charge is -2.26. The second kappa shape index (κ2) is 8.32. The molecule has 0 unspecified atom stereocenters. The van der Waals surface area contributed by atoms with Gasteiger partial charge in [-0.1, -0.05) is 17.7 Å². The van der Waals surface area contributed by atoms with Gasteiger partial charge >= 0.3 is 0 Å². The zero-order valence-corrected chi connectivity index (χ0v) is 12.7. The second-order valence-corrected chi connectivity index (χ2v) is 5.51. The Morgan fingerprint density at radius 3 is 2.86 bits per heavy atom. The van der Waals surface area contributed by atoms with Crippen molar-refractivity contribution in [3.8, 4) is 0 Å². The number of ether oxygens (including phenoxy) is 1. The van der Waals surface area contributed by atoms with E-state index in [2.05, 4.69) is 10.2 Å². The highest BCUT2D eigenvalue weighted by molar-refractivity contribution is 6.30. The average molecular weight is 315 g/mol. The first-order valence-electron chi connectivity index (χ1n) is 7.16. The van der Waals surface area contributed by atoms with Gasteiger partial charge in [0.05, 0.1) is 19.6 Å². The van der Waals surface area contributed by atoms with Crippen LogP contribution in [0.4, 0.5) is 4.39 Å². The fourth-order valence-electron chi connectivity index (χ4n) is 2.26. The van der Waals surface area contributed by atoms with Gasteiger partial charge in [-0.3, -0.25) is 9.69 Å². The summed E-state index contributed by atoms with van der Waals surface area (Å²) in [6.45, 7) is 5.00. The summed E-state index contributed by atoms with van der Waals surface area (Å²) in [4.78, 5) is 14.1. The maximum atomic E-state index is 13.6. The zero-order valence-electron chi connectivity index (χ0n) is 11.9. The van der Waals surface area contributed by atoms with E-state index >= 15 is 0 Å². The number of halogens is 2. The van der Waals surface area contributed by atoms with Crippen LogP contribution >= 0.6 is 11.6 Å². The predicted octanol–water partition coefficient (Wildman–Crippen LogP) is 1.86. The quantitative estimate of drug-likeness (QED) is 0.815. The number of carbonyl (C=O) groups excluding carboxylic acids is 1. The molecule has 1 amide bonds. The molecule has 1 N–H and O–H groups in total. The highest BCUT2D eigenvalue weighted by Gasteiger charge is 2.11. The smallest absolute Gasteiger partial charge is 0.224 e. The molecule has 0 atom stereocenters. The summed E-state index contributed by atoms with van der Waals surface area (Å²) in [5.74, 6) is -0.607. The maximum Gasteiger partial charge on any atom is 0.224 e. The molecule has 2 rings (SSSR count). The summed E-state index contributed by atoms with van der Waals surface area (Å²) in [6, 6.07) is 4.36. The van der Waals surface area contributed by atoms with E-state index in [0.29, 0.717) is 17.1 Å². The summed E-state index contributed by atoms with van der Waals surface area (Å²) < 4.78 is 18.8. The third-order valence-corrected chi connectivity index (χ3v) is 3.68. The number of hydrogen-bond acceptors (Lipinski definition) is 3. The predicted molar refractivity (Wildman–Crippen MR) is 80.0 cm³/mol. The molecule has 0 aromatic heterocycles. The first-order valence-corrected chi connectivity index (χ1v) is 7.53. The van der Waals surface area contributed by atoms with Crippen molar-refractivity contribution in [2.24, 2.45) is 0 Å². The van der Waals surface area contributed by atoms with Gasteiger partial charge in [0.15, 0.2) is 0 Å². The van der Waals surface area contributed by atoms with Gasteiger partial charge in [0.2, 0.25) is 5.91 Å². The number of benzene rings is 1. The van der Waals surface area contributed by atoms with E-state index in [1.54, 1.807) is 12.1 Å². The summed E-state index contributed by atoms with van der Waals surface area (Å²) in [5.41, 5.74) is 0.366. The zero-order chi connectivity index (χ0) is 15.1. The molecular formula is C15H20ClFN2O2. The molecule has 0 saturated carbocycles. The van der Waals surface area contributed by atoms with E-state index in [1.807, 2.05) is 0 Å². The fourth-order valence-corrected chi connectivity index (χ4v) is 2.41. The lowest BCUT2D eigenvalue weighted by atomic mass is 10.1. The SMILES string of the molecule is O=C(Cc1ccc(Cl)cc1F)NCCCN1CCOCC1. The Kier molecular flexibility index (Phi) is 6.42. The fraction of sp³-hybridized carbons (Fsp3) is 0.533. The first kappa shape index (κ1) is 16.2. The molecule has 0 bridgehead atoms. The van der Waals surface area contributed by atoms with Crippen molar-refractivity contribution < 1.29 is 13.9 Å². The molecule has 1 aliphatic rings. The number of rotatable bonds is 6. The highest BCUT2D eigenvalue weighted by Crippen LogP contribution is 2.14. The minimum atomic E-state index is -0.439. The Labute approximate surface area is 129 Å². The van der Waals surface area contributed by atoms with Crippen molar-refractivity contribution >= 4 is 17.5 Å². The van der Waals surface area contributed by atoms with Crippen molar-refractivity contribution in [1.82, 2.24) is 10.2 Å². The molecule has 1 aliphatic heterocycles. The number of carbonyl (C=O) groups is 1. The highest BCUT2D eigenvalue weighted by atomic mass is 35.5. The molecule has 1 fully saturated rings. The normalized spacial score (nSPS) is 15.9. The van der Waals surface area contributed by atoms with Crippen LogP contribution in [-0.4, -0.2) is 50.2 Å². The molecule has 0 spiro atoms. The minimum Gasteiger partial charge on any atom is -0.379 e. The van der Waals surface area contributed by atoms with Crippen LogP contribution in [0.3, 0.4) is 0 Å². The Hall–Kier alpha value is -1.17. The molecule has 4 nitrogen and oxygen atoms in total. The van der Waals surface area contributed by atoms with Crippen molar-refractivity contribution in [2.75, 3.05) is 39.4 Å². The van der Waals surface area contributed by atoms with Crippen LogP contribution < -0.4 is 5.32 Å². The molecule has 6 heteroatoms. The molecule has 1 aromatic carbocycles. The van der Waals surface area contributed by atoms with Gasteiger partial charge in [-0.2, -0.15) is 0 Å². The van der Waals surface area contributed by atoms with Gasteiger partial charge < -0.3 is 10.1 Å². The van der Waals surface area contributed by atoms with Crippen LogP contribution in [-0.2, 0) is 16.0 Å². The Morgan fingerprint density at radius 1 is 1.38 bits per heavy atom. The van der Waals surface area contributed by atoms with Gasteiger partial charge in [0.25, 0.3) is 0 Å². The monoisotopic (exact) mass is 314 g/mol. The number of nitrogens with zero attached hydrogens (tertiary/aromatic N) is 1. The second-order valence-electron chi connectivity index (χ2n) is 5.07. The van der Waals surface area contributed by atoms with Crippen molar-refractivity contribution in [1.29, 1.82) is 0 Å². The van der Waals surface area contributed by atoms with E-state index in [4.69, 9.17) is 16.3 Å². The lowest BCUT2D eigenvalue weighted by molar-refractivity contribution is -0.120. The topological polar surface area (TPSA) is 41.6 Å². The van der Waals surface area contributed by atoms with Crippen molar-refractivity contribution in [3.63, 3.8) is 0 Å². The van der Waals surface area contributed by atoms with Gasteiger partial charge in [0.1, 0.15) is 5.82 Å². The third kappa shape index (κ3) is 5.61. The molecular weight excluding hydrogens is 295 g/mol. The Morgan fingerprint density at radius 2 is 2.14 bits per heavy atom. The van der Waals surface area contributed by atoms with Gasteiger partial charge in [-0.15, -0.1) is 0 Å². The molecule has 21 heavy (non-hydrogen) atoms. The number of hydrogen-bond donors (Lipinski definition) is 1. The lowest BCUT2D eigenvalue weighted by Crippen LogP contribution is -2.38. The van der Waals surface area contributed by atoms with Crippen LogP contribution in [0, 0.1) is 5.82 Å². The standard InChI is InChI=1S/C15H20ClFN2O2/c16-13-3-2-12(14(17)11-13)10-15(20)18-4-1-5-19-6-8-21-9-7-19/h2-3,11H,1,4-10H2,(H,18,20). The van der Waals surface area contributed by atoms with Crippen molar-refractivity contribution in [2.45, 2.75) is 12.8 Å². The van der Waals surface area contributed by atoms with E-state index in [0.717, 1.165) is 39.3 Å². The molecule has 0 aliphatic carbocycles. The van der Waals surface area contributed by atoms with E-state index in [-0.39, 0.29) is 12.3 Å². The first-order chi connectivity index (χ1) is 10.1. The summed E-state index contributed by atoms with van der Waals surface area (Å²) >= 11 is 5.68. The molecule has 1 saturated heterocycles. The van der Waals surface area contributed by atoms with Crippen LogP contribution in [0.15, 0.2) is 18.2 Å². The number of nitrogens with one attached hydrogen (secondary N) is 1. The maximum absolute atomic E-state index is 13.6. The molecule has 1 aromatic rings. The van der Waals surface area contributed by atoms with E-state index in [9.17, 15) is 9.18 Å². The number of amides is 1. The molecule has 116 valence electrons. The van der Waals surface area contributed by atoms with Gasteiger partial charge in [-0.05, 0) is 30.7 Å². The van der Waals surface area contributed by atoms with Gasteiger partial charge in [-0.25, -0.2) is 4.39 Å². The van der Waals surface area contributed by atoms with Crippen LogP contribution in [0.1, 0.15) is 12.0 Å².